The second-order valence-electron chi connectivity index (χ2n) is 4.73. The molecule has 0 aromatic heterocycles. The summed E-state index contributed by atoms with van der Waals surface area (Å²) in [5, 5.41) is 0. The summed E-state index contributed by atoms with van der Waals surface area (Å²) in [4.78, 5) is 0. The predicted molar refractivity (Wildman–Crippen MR) is 34.9 cm³/mol. The van der Waals surface area contributed by atoms with Crippen molar-refractivity contribution in [2.45, 2.75) is 25.7 Å². The van der Waals surface area contributed by atoms with E-state index in [9.17, 15) is 0 Å². The zero-order valence-electron chi connectivity index (χ0n) is 5.64. The van der Waals surface area contributed by atoms with E-state index in [1.165, 1.54) is 23.7 Å². The molecule has 0 radical (unpaired) electrons. The first-order chi connectivity index (χ1) is 4.42. The largest absolute Gasteiger partial charge is 0.0464 e. The number of hydrogen-bond donors (Lipinski definition) is 0. The lowest BCUT2D eigenvalue weighted by Gasteiger charge is -2.86. The minimum Gasteiger partial charge on any atom is -0.0464 e. The summed E-state index contributed by atoms with van der Waals surface area (Å²) in [5.41, 5.74) is 1.06. The Kier molecular flexibility index (Phi) is 0.360. The second kappa shape index (κ2) is 0.810. The molecule has 48 valence electrons. The fourth-order valence-electron chi connectivity index (χ4n) is 4.75. The van der Waals surface area contributed by atoms with Crippen molar-refractivity contribution in [2.75, 3.05) is 0 Å². The topological polar surface area (TPSA) is 0 Å². The lowest BCUT2D eigenvalue weighted by molar-refractivity contribution is -0.376. The van der Waals surface area contributed by atoms with E-state index in [1.54, 1.807) is 25.7 Å². The Bertz CT molecular complexity index is 141. The fourth-order valence-corrected chi connectivity index (χ4v) is 4.75. The lowest BCUT2D eigenvalue weighted by Crippen LogP contribution is -2.79. The van der Waals surface area contributed by atoms with Crippen LogP contribution in [-0.2, 0) is 0 Å². The van der Waals surface area contributed by atoms with E-state index in [-0.39, 0.29) is 0 Å². The zero-order chi connectivity index (χ0) is 5.64. The molecule has 4 rings (SSSR count). The molecule has 0 saturated heterocycles. The molecule has 0 nitrogen and oxygen atoms in total. The van der Waals surface area contributed by atoms with Crippen LogP contribution in [0.25, 0.3) is 0 Å². The first-order valence-electron chi connectivity index (χ1n) is 4.42. The summed E-state index contributed by atoms with van der Waals surface area (Å²) >= 11 is 0. The Morgan fingerprint density at radius 1 is 0.667 bits per heavy atom. The molecule has 0 heteroatoms. The van der Waals surface area contributed by atoms with E-state index in [0.717, 1.165) is 5.41 Å². The van der Waals surface area contributed by atoms with Crippen molar-refractivity contribution in [1.29, 1.82) is 0 Å². The van der Waals surface area contributed by atoms with Gasteiger partial charge in [0, 0.05) is 0 Å². The summed E-state index contributed by atoms with van der Waals surface area (Å²) in [6.45, 7) is 0. The SMILES string of the molecule is C1C2C[C@H]3C[C@H]4C[C@@H]1C243. The third-order valence-corrected chi connectivity index (χ3v) is 5.10. The van der Waals surface area contributed by atoms with Gasteiger partial charge in [0.05, 0.1) is 0 Å². The molecule has 0 heterocycles. The van der Waals surface area contributed by atoms with Crippen molar-refractivity contribution in [3.05, 3.63) is 0 Å². The first kappa shape index (κ1) is 4.00. The van der Waals surface area contributed by atoms with Gasteiger partial charge in [-0.15, -0.1) is 0 Å². The summed E-state index contributed by atoms with van der Waals surface area (Å²) in [6, 6.07) is 0. The fraction of sp³-hybridized carbons (Fsp3) is 1.00. The molecule has 4 fully saturated rings. The molecule has 0 bridgehead atoms. The molecule has 4 aliphatic rings. The Hall–Kier alpha value is 0. The van der Waals surface area contributed by atoms with Gasteiger partial charge in [0.2, 0.25) is 0 Å². The minimum atomic E-state index is 1.06. The molecule has 4 saturated carbocycles. The van der Waals surface area contributed by atoms with Crippen LogP contribution in [-0.4, -0.2) is 0 Å². The van der Waals surface area contributed by atoms with E-state index in [4.69, 9.17) is 0 Å². The van der Waals surface area contributed by atoms with Gasteiger partial charge >= 0.3 is 0 Å². The molecule has 1 spiro atoms. The van der Waals surface area contributed by atoms with Crippen LogP contribution < -0.4 is 0 Å². The van der Waals surface area contributed by atoms with Gasteiger partial charge in [0.1, 0.15) is 0 Å². The van der Waals surface area contributed by atoms with Gasteiger partial charge in [0.25, 0.3) is 0 Å². The standard InChI is InChI=1S/C9H12/c1-5-2-7-4-8-3-6(1)9(5,7)8/h5-8H,1-4H2/t5-,6+,7-,8?,9?. The van der Waals surface area contributed by atoms with E-state index < -0.39 is 0 Å². The summed E-state index contributed by atoms with van der Waals surface area (Å²) in [7, 11) is 0. The highest BCUT2D eigenvalue weighted by atomic mass is 14.8. The van der Waals surface area contributed by atoms with Crippen LogP contribution in [0.2, 0.25) is 0 Å². The van der Waals surface area contributed by atoms with Crippen molar-refractivity contribution in [3.8, 4) is 0 Å². The third kappa shape index (κ3) is 0.180. The van der Waals surface area contributed by atoms with E-state index in [1.807, 2.05) is 0 Å². The van der Waals surface area contributed by atoms with Crippen LogP contribution in [0.3, 0.4) is 0 Å². The quantitative estimate of drug-likeness (QED) is 0.459. The van der Waals surface area contributed by atoms with Crippen molar-refractivity contribution in [1.82, 2.24) is 0 Å². The maximum absolute atomic E-state index is 1.63. The average molecular weight is 120 g/mol. The predicted octanol–water partition coefficient (Wildman–Crippen LogP) is 2.05. The third-order valence-electron chi connectivity index (χ3n) is 5.10. The monoisotopic (exact) mass is 120 g/mol. The molecule has 9 heavy (non-hydrogen) atoms. The van der Waals surface area contributed by atoms with Crippen LogP contribution in [0.5, 0.6) is 0 Å². The van der Waals surface area contributed by atoms with E-state index >= 15 is 0 Å². The van der Waals surface area contributed by atoms with Crippen molar-refractivity contribution in [2.24, 2.45) is 29.1 Å². The van der Waals surface area contributed by atoms with Crippen LogP contribution in [0.15, 0.2) is 0 Å². The summed E-state index contributed by atoms with van der Waals surface area (Å²) < 4.78 is 0. The van der Waals surface area contributed by atoms with Gasteiger partial charge in [-0.25, -0.2) is 0 Å². The molecule has 0 unspecified atom stereocenters. The highest BCUT2D eigenvalue weighted by molar-refractivity contribution is 5.28. The van der Waals surface area contributed by atoms with Crippen molar-refractivity contribution >= 4 is 0 Å². The first-order valence-corrected chi connectivity index (χ1v) is 4.42. The molecule has 0 amide bonds. The molecule has 0 N–H and O–H groups in total. The second-order valence-corrected chi connectivity index (χ2v) is 4.73. The average Bonchev–Trinajstić information content (AvgIpc) is 1.54. The summed E-state index contributed by atoms with van der Waals surface area (Å²) in [5.74, 6) is 5.00. The lowest BCUT2D eigenvalue weighted by atomic mass is 9.18. The van der Waals surface area contributed by atoms with Crippen molar-refractivity contribution < 1.29 is 0 Å². The molecule has 0 aromatic rings. The number of hydrogen-bond acceptors (Lipinski definition) is 0. The normalized spacial score (nSPS) is 80.0. The minimum absolute atomic E-state index is 1.06. The van der Waals surface area contributed by atoms with Crippen molar-refractivity contribution in [3.63, 3.8) is 0 Å². The Balaban J connectivity index is 1.88. The highest BCUT2D eigenvalue weighted by Crippen LogP contribution is 2.87. The van der Waals surface area contributed by atoms with Gasteiger partial charge in [-0.2, -0.15) is 0 Å². The molecule has 0 aromatic carbocycles. The van der Waals surface area contributed by atoms with Gasteiger partial charge in [-0.3, -0.25) is 0 Å². The van der Waals surface area contributed by atoms with Crippen LogP contribution in [0, 0.1) is 29.1 Å². The van der Waals surface area contributed by atoms with Gasteiger partial charge < -0.3 is 0 Å². The maximum Gasteiger partial charge on any atom is -0.0183 e. The molecule has 0 aliphatic heterocycles. The molecular weight excluding hydrogens is 108 g/mol. The maximum atomic E-state index is 1.63. The van der Waals surface area contributed by atoms with Gasteiger partial charge in [-0.05, 0) is 54.8 Å². The smallest absolute Gasteiger partial charge is 0.0183 e. The number of rotatable bonds is 0. The highest BCUT2D eigenvalue weighted by Gasteiger charge is 2.80. The molecule has 4 aliphatic carbocycles. The van der Waals surface area contributed by atoms with Gasteiger partial charge in [-0.1, -0.05) is 0 Å². The zero-order valence-corrected chi connectivity index (χ0v) is 5.64. The Morgan fingerprint density at radius 3 is 1.11 bits per heavy atom. The Labute approximate surface area is 55.6 Å². The molecular formula is C9H12. The van der Waals surface area contributed by atoms with Crippen LogP contribution in [0.1, 0.15) is 25.7 Å². The van der Waals surface area contributed by atoms with E-state index in [2.05, 4.69) is 0 Å². The summed E-state index contributed by atoms with van der Waals surface area (Å²) in [6.07, 6.45) is 6.53. The van der Waals surface area contributed by atoms with Crippen LogP contribution >= 0.6 is 0 Å². The Morgan fingerprint density at radius 2 is 1.00 bits per heavy atom. The van der Waals surface area contributed by atoms with Gasteiger partial charge in [0.15, 0.2) is 0 Å². The molecule has 0 atom stereocenters. The van der Waals surface area contributed by atoms with Crippen LogP contribution in [0.4, 0.5) is 0 Å². The van der Waals surface area contributed by atoms with E-state index in [0.29, 0.717) is 0 Å².